The number of aromatic nitrogens is 1. The Labute approximate surface area is 161 Å². The first-order valence-electron chi connectivity index (χ1n) is 7.05. The summed E-state index contributed by atoms with van der Waals surface area (Å²) in [4.78, 5) is 29.5. The molecule has 0 aliphatic heterocycles. The van der Waals surface area contributed by atoms with Crippen molar-refractivity contribution in [2.24, 2.45) is 0 Å². The number of carbonyl (C=O) groups excluding carboxylic acids is 2. The zero-order valence-corrected chi connectivity index (χ0v) is 15.7. The Balaban J connectivity index is 1.62. The van der Waals surface area contributed by atoms with Crippen LogP contribution >= 0.6 is 45.9 Å². The minimum atomic E-state index is -0.415. The molecule has 0 spiro atoms. The minimum Gasteiger partial charge on any atom is -0.346 e. The summed E-state index contributed by atoms with van der Waals surface area (Å²) in [7, 11) is 0. The van der Waals surface area contributed by atoms with E-state index in [9.17, 15) is 9.59 Å². The topological polar surface area (TPSA) is 71.1 Å². The van der Waals surface area contributed by atoms with Crippen LogP contribution in [0, 0.1) is 0 Å². The van der Waals surface area contributed by atoms with Crippen LogP contribution in [0.1, 0.15) is 25.7 Å². The van der Waals surface area contributed by atoms with Gasteiger partial charge >= 0.3 is 0 Å². The first-order valence-corrected chi connectivity index (χ1v) is 9.57. The average molecular weight is 412 g/mol. The standard InChI is InChI=1S/C16H11Cl2N3O2S2/c17-9-3-4-11(12(18)6-9)14(22)21-16-20-13(8-25-16)15(23)19-7-10-2-1-5-24-10/h1-6,8H,7H2,(H,19,23)(H,20,21,22). The Morgan fingerprint density at radius 3 is 2.68 bits per heavy atom. The van der Waals surface area contributed by atoms with E-state index in [0.717, 1.165) is 16.2 Å². The van der Waals surface area contributed by atoms with Crippen molar-refractivity contribution in [2.45, 2.75) is 6.54 Å². The second-order valence-electron chi connectivity index (χ2n) is 4.88. The molecule has 3 aromatic rings. The summed E-state index contributed by atoms with van der Waals surface area (Å²) in [5.74, 6) is -0.712. The van der Waals surface area contributed by atoms with Gasteiger partial charge in [0.25, 0.3) is 11.8 Å². The summed E-state index contributed by atoms with van der Waals surface area (Å²) in [5, 5.41) is 9.95. The lowest BCUT2D eigenvalue weighted by molar-refractivity contribution is 0.0945. The number of carbonyl (C=O) groups is 2. The van der Waals surface area contributed by atoms with Gasteiger partial charge in [0.2, 0.25) is 0 Å². The average Bonchev–Trinajstić information content (AvgIpc) is 3.24. The number of anilines is 1. The zero-order chi connectivity index (χ0) is 17.8. The van der Waals surface area contributed by atoms with Crippen LogP contribution < -0.4 is 10.6 Å². The Kier molecular flexibility index (Phi) is 5.70. The third-order valence-electron chi connectivity index (χ3n) is 3.14. The number of amides is 2. The van der Waals surface area contributed by atoms with Crippen LogP contribution in [0.5, 0.6) is 0 Å². The van der Waals surface area contributed by atoms with E-state index < -0.39 is 5.91 Å². The van der Waals surface area contributed by atoms with Crippen molar-refractivity contribution in [2.75, 3.05) is 5.32 Å². The molecular weight excluding hydrogens is 401 g/mol. The number of thiazole rings is 1. The van der Waals surface area contributed by atoms with Crippen LogP contribution in [0.3, 0.4) is 0 Å². The molecule has 0 radical (unpaired) electrons. The predicted molar refractivity (Wildman–Crippen MR) is 102 cm³/mol. The van der Waals surface area contributed by atoms with Gasteiger partial charge in [0.15, 0.2) is 5.13 Å². The Morgan fingerprint density at radius 1 is 1.12 bits per heavy atom. The summed E-state index contributed by atoms with van der Waals surface area (Å²) >= 11 is 14.6. The highest BCUT2D eigenvalue weighted by Crippen LogP contribution is 2.23. The van der Waals surface area contributed by atoms with E-state index in [1.807, 2.05) is 17.5 Å². The third kappa shape index (κ3) is 4.58. The van der Waals surface area contributed by atoms with Crippen molar-refractivity contribution in [3.63, 3.8) is 0 Å². The molecule has 0 fully saturated rings. The molecular formula is C16H11Cl2N3O2S2. The van der Waals surface area contributed by atoms with Gasteiger partial charge in [0, 0.05) is 15.3 Å². The molecule has 0 aliphatic rings. The molecule has 0 bridgehead atoms. The van der Waals surface area contributed by atoms with Crippen LogP contribution in [0.15, 0.2) is 41.1 Å². The zero-order valence-electron chi connectivity index (χ0n) is 12.6. The van der Waals surface area contributed by atoms with Crippen molar-refractivity contribution in [1.29, 1.82) is 0 Å². The van der Waals surface area contributed by atoms with Gasteiger partial charge in [-0.3, -0.25) is 14.9 Å². The second-order valence-corrected chi connectivity index (χ2v) is 7.61. The molecule has 2 heterocycles. The van der Waals surface area contributed by atoms with E-state index in [-0.39, 0.29) is 22.2 Å². The predicted octanol–water partition coefficient (Wildman–Crippen LogP) is 4.69. The van der Waals surface area contributed by atoms with Crippen molar-refractivity contribution in [3.05, 3.63) is 67.3 Å². The molecule has 5 nitrogen and oxygen atoms in total. The SMILES string of the molecule is O=C(NCc1cccs1)c1csc(NC(=O)c2ccc(Cl)cc2Cl)n1. The number of benzene rings is 1. The van der Waals surface area contributed by atoms with E-state index >= 15 is 0 Å². The van der Waals surface area contributed by atoms with Crippen molar-refractivity contribution in [3.8, 4) is 0 Å². The lowest BCUT2D eigenvalue weighted by Gasteiger charge is -2.04. The number of hydrogen-bond acceptors (Lipinski definition) is 5. The minimum absolute atomic E-state index is 0.246. The van der Waals surface area contributed by atoms with Gasteiger partial charge < -0.3 is 5.32 Å². The summed E-state index contributed by atoms with van der Waals surface area (Å²) < 4.78 is 0. The lowest BCUT2D eigenvalue weighted by atomic mass is 10.2. The quantitative estimate of drug-likeness (QED) is 0.639. The number of halogens is 2. The fraction of sp³-hybridized carbons (Fsp3) is 0.0625. The maximum atomic E-state index is 12.2. The van der Waals surface area contributed by atoms with E-state index in [0.29, 0.717) is 16.7 Å². The molecule has 0 saturated heterocycles. The maximum Gasteiger partial charge on any atom is 0.271 e. The van der Waals surface area contributed by atoms with Crippen molar-refractivity contribution >= 4 is 62.8 Å². The Bertz CT molecular complexity index is 910. The molecule has 9 heteroatoms. The van der Waals surface area contributed by atoms with E-state index in [2.05, 4.69) is 15.6 Å². The van der Waals surface area contributed by atoms with Gasteiger partial charge in [-0.25, -0.2) is 4.98 Å². The van der Waals surface area contributed by atoms with Gasteiger partial charge in [-0.2, -0.15) is 0 Å². The summed E-state index contributed by atoms with van der Waals surface area (Å²) in [6, 6.07) is 8.46. The van der Waals surface area contributed by atoms with Gasteiger partial charge in [0.1, 0.15) is 5.69 Å². The molecule has 2 amide bonds. The number of thiophene rings is 1. The molecule has 2 aromatic heterocycles. The monoisotopic (exact) mass is 411 g/mol. The van der Waals surface area contributed by atoms with Crippen LogP contribution in [0.25, 0.3) is 0 Å². The largest absolute Gasteiger partial charge is 0.346 e. The molecule has 1 aromatic carbocycles. The number of nitrogens with zero attached hydrogens (tertiary/aromatic N) is 1. The first-order chi connectivity index (χ1) is 12.0. The summed E-state index contributed by atoms with van der Waals surface area (Å²) in [6.45, 7) is 0.441. The molecule has 0 atom stereocenters. The highest BCUT2D eigenvalue weighted by molar-refractivity contribution is 7.14. The fourth-order valence-electron chi connectivity index (χ4n) is 1.94. The van der Waals surface area contributed by atoms with Crippen LogP contribution in [-0.2, 0) is 6.54 Å². The van der Waals surface area contributed by atoms with Crippen molar-refractivity contribution in [1.82, 2.24) is 10.3 Å². The maximum absolute atomic E-state index is 12.2. The van der Waals surface area contributed by atoms with Crippen LogP contribution in [0.4, 0.5) is 5.13 Å². The second kappa shape index (κ2) is 7.97. The number of hydrogen-bond donors (Lipinski definition) is 2. The number of rotatable bonds is 5. The van der Waals surface area contributed by atoms with E-state index in [1.165, 1.54) is 12.1 Å². The molecule has 3 rings (SSSR count). The summed E-state index contributed by atoms with van der Waals surface area (Å²) in [6.07, 6.45) is 0. The normalized spacial score (nSPS) is 10.5. The van der Waals surface area contributed by atoms with Crippen LogP contribution in [0.2, 0.25) is 10.0 Å². The van der Waals surface area contributed by atoms with E-state index in [1.54, 1.807) is 22.8 Å². The van der Waals surface area contributed by atoms with Gasteiger partial charge in [-0.1, -0.05) is 29.3 Å². The molecule has 128 valence electrons. The van der Waals surface area contributed by atoms with Gasteiger partial charge in [0.05, 0.1) is 17.1 Å². The fourth-order valence-corrected chi connectivity index (χ4v) is 3.77. The van der Waals surface area contributed by atoms with Gasteiger partial charge in [-0.15, -0.1) is 22.7 Å². The summed E-state index contributed by atoms with van der Waals surface area (Å²) in [5.41, 5.74) is 0.532. The molecule has 0 unspecified atom stereocenters. The number of nitrogens with one attached hydrogen (secondary N) is 2. The van der Waals surface area contributed by atoms with Crippen molar-refractivity contribution < 1.29 is 9.59 Å². The molecule has 0 aliphatic carbocycles. The Morgan fingerprint density at radius 2 is 1.96 bits per heavy atom. The first kappa shape index (κ1) is 17.9. The molecule has 25 heavy (non-hydrogen) atoms. The highest BCUT2D eigenvalue weighted by atomic mass is 35.5. The third-order valence-corrected chi connectivity index (χ3v) is 5.32. The highest BCUT2D eigenvalue weighted by Gasteiger charge is 2.15. The van der Waals surface area contributed by atoms with E-state index in [4.69, 9.17) is 23.2 Å². The molecule has 0 saturated carbocycles. The Hall–Kier alpha value is -1.93. The van der Waals surface area contributed by atoms with Gasteiger partial charge in [-0.05, 0) is 29.6 Å². The molecule has 2 N–H and O–H groups in total. The smallest absolute Gasteiger partial charge is 0.271 e. The lowest BCUT2D eigenvalue weighted by Crippen LogP contribution is -2.22. The van der Waals surface area contributed by atoms with Crippen LogP contribution in [-0.4, -0.2) is 16.8 Å².